The summed E-state index contributed by atoms with van der Waals surface area (Å²) in [7, 11) is 1.41. The quantitative estimate of drug-likeness (QED) is 0.594. The first kappa shape index (κ1) is 20.8. The molecular formula is C25H28N4O2. The van der Waals surface area contributed by atoms with E-state index in [4.69, 9.17) is 14.7 Å². The van der Waals surface area contributed by atoms with Crippen LogP contribution in [0.5, 0.6) is 0 Å². The van der Waals surface area contributed by atoms with Gasteiger partial charge in [-0.1, -0.05) is 50.2 Å². The van der Waals surface area contributed by atoms with Crippen LogP contribution in [-0.2, 0) is 24.2 Å². The van der Waals surface area contributed by atoms with Gasteiger partial charge in [0.2, 0.25) is 0 Å². The van der Waals surface area contributed by atoms with Gasteiger partial charge >= 0.3 is 5.97 Å². The van der Waals surface area contributed by atoms with Crippen molar-refractivity contribution in [3.63, 3.8) is 0 Å². The van der Waals surface area contributed by atoms with E-state index in [2.05, 4.69) is 36.2 Å². The van der Waals surface area contributed by atoms with E-state index in [0.717, 1.165) is 37.0 Å². The number of hydrogen-bond acceptors (Lipinski definition) is 6. The molecule has 6 heteroatoms. The van der Waals surface area contributed by atoms with Crippen LogP contribution in [0.2, 0.25) is 0 Å². The molecule has 6 nitrogen and oxygen atoms in total. The van der Waals surface area contributed by atoms with Crippen LogP contribution in [0.25, 0.3) is 0 Å². The summed E-state index contributed by atoms with van der Waals surface area (Å²) in [5, 5.41) is 3.45. The zero-order chi connectivity index (χ0) is 21.8. The van der Waals surface area contributed by atoms with Gasteiger partial charge in [0, 0.05) is 31.6 Å². The van der Waals surface area contributed by atoms with Crippen molar-refractivity contribution in [3.8, 4) is 0 Å². The maximum absolute atomic E-state index is 11.8. The fourth-order valence-corrected chi connectivity index (χ4v) is 3.75. The van der Waals surface area contributed by atoms with Crippen LogP contribution in [0, 0.1) is 0 Å². The van der Waals surface area contributed by atoms with E-state index in [1.165, 1.54) is 23.8 Å². The zero-order valence-electron chi connectivity index (χ0n) is 18.3. The van der Waals surface area contributed by atoms with Crippen LogP contribution in [0.15, 0.2) is 54.6 Å². The van der Waals surface area contributed by atoms with Crippen molar-refractivity contribution in [1.82, 2.24) is 9.97 Å². The summed E-state index contributed by atoms with van der Waals surface area (Å²) in [6.07, 6.45) is 0.855. The maximum Gasteiger partial charge on any atom is 0.337 e. The molecule has 0 saturated carbocycles. The second-order valence-corrected chi connectivity index (χ2v) is 8.11. The van der Waals surface area contributed by atoms with Gasteiger partial charge in [0.1, 0.15) is 17.5 Å². The highest BCUT2D eigenvalue weighted by Crippen LogP contribution is 2.27. The number of fused-ring (bicyclic) bond motifs is 1. The van der Waals surface area contributed by atoms with Crippen molar-refractivity contribution in [2.24, 2.45) is 0 Å². The Balaban J connectivity index is 1.56. The minimum absolute atomic E-state index is 0.233. The van der Waals surface area contributed by atoms with Crippen molar-refractivity contribution in [3.05, 3.63) is 82.7 Å². The first-order valence-corrected chi connectivity index (χ1v) is 10.7. The second-order valence-electron chi connectivity index (χ2n) is 8.11. The third-order valence-electron chi connectivity index (χ3n) is 5.53. The molecule has 0 bridgehead atoms. The Labute approximate surface area is 183 Å². The molecule has 0 fully saturated rings. The fourth-order valence-electron chi connectivity index (χ4n) is 3.75. The number of aromatic nitrogens is 2. The van der Waals surface area contributed by atoms with E-state index < -0.39 is 0 Å². The van der Waals surface area contributed by atoms with Crippen LogP contribution in [0.4, 0.5) is 11.6 Å². The van der Waals surface area contributed by atoms with Crippen LogP contribution < -0.4 is 10.2 Å². The minimum Gasteiger partial charge on any atom is -0.465 e. The first-order chi connectivity index (χ1) is 15.0. The normalized spacial score (nSPS) is 13.1. The van der Waals surface area contributed by atoms with Crippen LogP contribution in [-0.4, -0.2) is 29.6 Å². The largest absolute Gasteiger partial charge is 0.465 e. The number of rotatable bonds is 6. The summed E-state index contributed by atoms with van der Waals surface area (Å²) >= 11 is 0. The lowest BCUT2D eigenvalue weighted by atomic mass is 9.97. The summed E-state index contributed by atoms with van der Waals surface area (Å²) in [5.41, 5.74) is 4.22. The smallest absolute Gasteiger partial charge is 0.337 e. The monoisotopic (exact) mass is 416 g/mol. The number of methoxy groups -OCH3 is 1. The molecule has 1 aliphatic rings. The standard InChI is InChI=1S/C25H28N4O2/c1-17(2)24-27-22(26-15-18-7-5-4-6-8-18)14-23(28-24)29-12-11-19-13-20(25(30)31-3)9-10-21(19)16-29/h4-10,13-14,17H,11-12,15-16H2,1-3H3,(H,26,27,28). The molecule has 0 spiro atoms. The molecule has 2 aromatic carbocycles. The van der Waals surface area contributed by atoms with Crippen molar-refractivity contribution in [2.45, 2.75) is 39.3 Å². The van der Waals surface area contributed by atoms with Gasteiger partial charge in [-0.25, -0.2) is 14.8 Å². The summed E-state index contributed by atoms with van der Waals surface area (Å²) in [6.45, 7) is 6.53. The third-order valence-corrected chi connectivity index (χ3v) is 5.53. The van der Waals surface area contributed by atoms with Crippen LogP contribution in [0.1, 0.15) is 52.6 Å². The highest BCUT2D eigenvalue weighted by atomic mass is 16.5. The zero-order valence-corrected chi connectivity index (χ0v) is 18.3. The van der Waals surface area contributed by atoms with E-state index in [0.29, 0.717) is 12.1 Å². The molecule has 0 amide bonds. The van der Waals surface area contributed by atoms with Gasteiger partial charge in [-0.05, 0) is 35.2 Å². The molecule has 0 aliphatic carbocycles. The highest BCUT2D eigenvalue weighted by Gasteiger charge is 2.21. The molecule has 160 valence electrons. The topological polar surface area (TPSA) is 67.3 Å². The molecule has 0 atom stereocenters. The van der Waals surface area contributed by atoms with Gasteiger partial charge in [-0.15, -0.1) is 0 Å². The van der Waals surface area contributed by atoms with Crippen LogP contribution in [0.3, 0.4) is 0 Å². The van der Waals surface area contributed by atoms with Crippen LogP contribution >= 0.6 is 0 Å². The number of ether oxygens (including phenoxy) is 1. The number of anilines is 2. The van der Waals surface area contributed by atoms with Crippen molar-refractivity contribution in [2.75, 3.05) is 23.9 Å². The number of benzene rings is 2. The third kappa shape index (κ3) is 4.85. The summed E-state index contributed by atoms with van der Waals surface area (Å²) in [5.74, 6) is 2.54. The predicted molar refractivity (Wildman–Crippen MR) is 122 cm³/mol. The molecular weight excluding hydrogens is 388 g/mol. The molecule has 31 heavy (non-hydrogen) atoms. The van der Waals surface area contributed by atoms with E-state index in [1.807, 2.05) is 42.5 Å². The van der Waals surface area contributed by atoms with Gasteiger partial charge in [0.15, 0.2) is 0 Å². The summed E-state index contributed by atoms with van der Waals surface area (Å²) < 4.78 is 4.85. The number of carbonyl (C=O) groups is 1. The van der Waals surface area contributed by atoms with Crippen molar-refractivity contribution < 1.29 is 9.53 Å². The number of nitrogens with one attached hydrogen (secondary N) is 1. The van der Waals surface area contributed by atoms with Gasteiger partial charge in [-0.3, -0.25) is 0 Å². The molecule has 0 radical (unpaired) electrons. The molecule has 3 aromatic rings. The average molecular weight is 417 g/mol. The molecule has 1 N–H and O–H groups in total. The van der Waals surface area contributed by atoms with Gasteiger partial charge in [-0.2, -0.15) is 0 Å². The van der Waals surface area contributed by atoms with E-state index in [9.17, 15) is 4.79 Å². The number of esters is 1. The summed E-state index contributed by atoms with van der Waals surface area (Å²) in [6, 6.07) is 18.1. The van der Waals surface area contributed by atoms with Gasteiger partial charge in [0.05, 0.1) is 12.7 Å². The Morgan fingerprint density at radius 2 is 1.90 bits per heavy atom. The second kappa shape index (κ2) is 9.16. The molecule has 0 saturated heterocycles. The molecule has 1 aliphatic heterocycles. The van der Waals surface area contributed by atoms with E-state index >= 15 is 0 Å². The predicted octanol–water partition coefficient (Wildman–Crippen LogP) is 4.56. The average Bonchev–Trinajstić information content (AvgIpc) is 2.82. The lowest BCUT2D eigenvalue weighted by Gasteiger charge is -2.30. The van der Waals surface area contributed by atoms with Crippen molar-refractivity contribution >= 4 is 17.6 Å². The Morgan fingerprint density at radius 3 is 2.65 bits per heavy atom. The molecule has 2 heterocycles. The lowest BCUT2D eigenvalue weighted by Crippen LogP contribution is -2.31. The lowest BCUT2D eigenvalue weighted by molar-refractivity contribution is 0.0600. The van der Waals surface area contributed by atoms with E-state index in [-0.39, 0.29) is 11.9 Å². The molecule has 0 unspecified atom stereocenters. The van der Waals surface area contributed by atoms with Gasteiger partial charge < -0.3 is 15.0 Å². The first-order valence-electron chi connectivity index (χ1n) is 10.7. The Hall–Kier alpha value is -3.41. The Bertz CT molecular complexity index is 1070. The molecule has 1 aromatic heterocycles. The van der Waals surface area contributed by atoms with Gasteiger partial charge in [0.25, 0.3) is 0 Å². The molecule has 4 rings (SSSR count). The maximum atomic E-state index is 11.8. The number of hydrogen-bond donors (Lipinski definition) is 1. The number of carbonyl (C=O) groups excluding carboxylic acids is 1. The fraction of sp³-hybridized carbons (Fsp3) is 0.320. The van der Waals surface area contributed by atoms with Crippen molar-refractivity contribution in [1.29, 1.82) is 0 Å². The Morgan fingerprint density at radius 1 is 1.10 bits per heavy atom. The SMILES string of the molecule is COC(=O)c1ccc2c(c1)CCN(c1cc(NCc3ccccc3)nc(C(C)C)n1)C2. The minimum atomic E-state index is -0.295. The van der Waals surface area contributed by atoms with E-state index in [1.54, 1.807) is 0 Å². The highest BCUT2D eigenvalue weighted by molar-refractivity contribution is 5.89. The summed E-state index contributed by atoms with van der Waals surface area (Å²) in [4.78, 5) is 23.7. The number of nitrogens with zero attached hydrogens (tertiary/aromatic N) is 3. The Kier molecular flexibility index (Phi) is 6.16.